The molecule has 0 spiro atoms. The van der Waals surface area contributed by atoms with Gasteiger partial charge >= 0.3 is 5.97 Å². The fourth-order valence-electron chi connectivity index (χ4n) is 1.85. The van der Waals surface area contributed by atoms with Crippen LogP contribution in [0.25, 0.3) is 5.69 Å². The summed E-state index contributed by atoms with van der Waals surface area (Å²) in [5.41, 5.74) is 1.65. The number of carbonyl (C=O) groups is 2. The minimum absolute atomic E-state index is 0.126. The Bertz CT molecular complexity index is 637. The molecular formula is C15H17N3O3. The summed E-state index contributed by atoms with van der Waals surface area (Å²) in [4.78, 5) is 24.1. The Morgan fingerprint density at radius 1 is 1.33 bits per heavy atom. The van der Waals surface area contributed by atoms with Crippen molar-refractivity contribution in [2.24, 2.45) is 0 Å². The molecular weight excluding hydrogens is 270 g/mol. The van der Waals surface area contributed by atoms with Crippen LogP contribution in [0.2, 0.25) is 0 Å². The number of carboxylic acid groups (broad SMARTS) is 1. The Morgan fingerprint density at radius 2 is 2.00 bits per heavy atom. The van der Waals surface area contributed by atoms with Crippen molar-refractivity contribution in [3.8, 4) is 5.69 Å². The van der Waals surface area contributed by atoms with Gasteiger partial charge in [-0.1, -0.05) is 18.2 Å². The Morgan fingerprint density at radius 3 is 2.62 bits per heavy atom. The molecule has 0 bridgehead atoms. The van der Waals surface area contributed by atoms with Crippen molar-refractivity contribution in [3.05, 3.63) is 48.3 Å². The second-order valence-corrected chi connectivity index (χ2v) is 4.82. The maximum Gasteiger partial charge on any atom is 0.326 e. The number of benzene rings is 1. The number of nitrogens with zero attached hydrogens (tertiary/aromatic N) is 3. The number of carboxylic acids is 1. The lowest BCUT2D eigenvalue weighted by atomic mass is 10.2. The number of para-hydroxylation sites is 1. The molecule has 21 heavy (non-hydrogen) atoms. The van der Waals surface area contributed by atoms with Crippen molar-refractivity contribution in [2.45, 2.75) is 19.4 Å². The Hall–Kier alpha value is -2.63. The van der Waals surface area contributed by atoms with Crippen LogP contribution in [0.3, 0.4) is 0 Å². The van der Waals surface area contributed by atoms with E-state index in [0.29, 0.717) is 0 Å². The second kappa shape index (κ2) is 6.21. The topological polar surface area (TPSA) is 75.4 Å². The molecule has 1 aromatic heterocycles. The smallest absolute Gasteiger partial charge is 0.326 e. The number of amides is 1. The number of rotatable bonds is 5. The molecule has 6 heteroatoms. The molecule has 0 aliphatic heterocycles. The van der Waals surface area contributed by atoms with E-state index in [1.807, 2.05) is 30.3 Å². The number of hydrogen-bond acceptors (Lipinski definition) is 3. The standard InChI is InChI=1S/C15H17N3O3/c1-11(15(20)21)17(2)14(19)8-12-9-16-18(10-12)13-6-4-3-5-7-13/h3-7,9-11H,8H2,1-2H3,(H,20,21). The predicted octanol–water partition coefficient (Wildman–Crippen LogP) is 1.35. The van der Waals surface area contributed by atoms with Gasteiger partial charge in [0.05, 0.1) is 18.3 Å². The van der Waals surface area contributed by atoms with Gasteiger partial charge in [0, 0.05) is 13.2 Å². The third-order valence-corrected chi connectivity index (χ3v) is 3.34. The largest absolute Gasteiger partial charge is 0.480 e. The van der Waals surface area contributed by atoms with Gasteiger partial charge < -0.3 is 10.0 Å². The molecule has 2 rings (SSSR count). The summed E-state index contributed by atoms with van der Waals surface area (Å²) in [5, 5.41) is 13.1. The molecule has 2 aromatic rings. The third-order valence-electron chi connectivity index (χ3n) is 3.34. The van der Waals surface area contributed by atoms with E-state index in [4.69, 9.17) is 5.11 Å². The van der Waals surface area contributed by atoms with Gasteiger partial charge in [0.15, 0.2) is 0 Å². The van der Waals surface area contributed by atoms with E-state index in [1.165, 1.54) is 18.9 Å². The van der Waals surface area contributed by atoms with Crippen LogP contribution in [0, 0.1) is 0 Å². The molecule has 0 radical (unpaired) electrons. The van der Waals surface area contributed by atoms with Crippen LogP contribution in [-0.2, 0) is 16.0 Å². The molecule has 1 N–H and O–H groups in total. The molecule has 0 saturated heterocycles. The molecule has 0 aliphatic carbocycles. The van der Waals surface area contributed by atoms with Crippen LogP contribution in [-0.4, -0.2) is 44.8 Å². The van der Waals surface area contributed by atoms with Crippen LogP contribution in [0.4, 0.5) is 0 Å². The number of hydrogen-bond donors (Lipinski definition) is 1. The van der Waals surface area contributed by atoms with Gasteiger partial charge in [-0.05, 0) is 24.6 Å². The van der Waals surface area contributed by atoms with Crippen LogP contribution >= 0.6 is 0 Å². The minimum Gasteiger partial charge on any atom is -0.480 e. The van der Waals surface area contributed by atoms with E-state index in [9.17, 15) is 9.59 Å². The van der Waals surface area contributed by atoms with Crippen molar-refractivity contribution in [1.29, 1.82) is 0 Å². The number of aromatic nitrogens is 2. The van der Waals surface area contributed by atoms with Crippen molar-refractivity contribution in [2.75, 3.05) is 7.05 Å². The van der Waals surface area contributed by atoms with Crippen LogP contribution in [0.5, 0.6) is 0 Å². The third kappa shape index (κ3) is 3.47. The summed E-state index contributed by atoms with van der Waals surface area (Å²) >= 11 is 0. The maximum atomic E-state index is 12.0. The summed E-state index contributed by atoms with van der Waals surface area (Å²) in [6.45, 7) is 1.48. The zero-order valence-electron chi connectivity index (χ0n) is 11.9. The van der Waals surface area contributed by atoms with Crippen molar-refractivity contribution >= 4 is 11.9 Å². The van der Waals surface area contributed by atoms with E-state index in [1.54, 1.807) is 17.1 Å². The first-order valence-electron chi connectivity index (χ1n) is 6.56. The fraction of sp³-hybridized carbons (Fsp3) is 0.267. The minimum atomic E-state index is -1.02. The maximum absolute atomic E-state index is 12.0. The number of carbonyl (C=O) groups excluding carboxylic acids is 1. The Balaban J connectivity index is 2.06. The molecule has 1 unspecified atom stereocenters. The van der Waals surface area contributed by atoms with Crippen LogP contribution in [0.15, 0.2) is 42.7 Å². The van der Waals surface area contributed by atoms with E-state index in [0.717, 1.165) is 11.3 Å². The first kappa shape index (κ1) is 14.8. The average molecular weight is 287 g/mol. The SMILES string of the molecule is CC(C(=O)O)N(C)C(=O)Cc1cnn(-c2ccccc2)c1. The summed E-state index contributed by atoms with van der Waals surface area (Å²) in [6, 6.07) is 8.71. The first-order valence-corrected chi connectivity index (χ1v) is 6.56. The molecule has 1 amide bonds. The zero-order valence-corrected chi connectivity index (χ0v) is 11.9. The summed E-state index contributed by atoms with van der Waals surface area (Å²) in [6.07, 6.45) is 3.51. The van der Waals surface area contributed by atoms with Gasteiger partial charge in [0.25, 0.3) is 0 Å². The fourth-order valence-corrected chi connectivity index (χ4v) is 1.85. The summed E-state index contributed by atoms with van der Waals surface area (Å²) in [5.74, 6) is -1.27. The molecule has 110 valence electrons. The quantitative estimate of drug-likeness (QED) is 0.900. The van der Waals surface area contributed by atoms with E-state index < -0.39 is 12.0 Å². The van der Waals surface area contributed by atoms with Gasteiger partial charge in [0.1, 0.15) is 6.04 Å². The highest BCUT2D eigenvalue weighted by Gasteiger charge is 2.21. The van der Waals surface area contributed by atoms with Gasteiger partial charge in [-0.3, -0.25) is 4.79 Å². The second-order valence-electron chi connectivity index (χ2n) is 4.82. The monoisotopic (exact) mass is 287 g/mol. The molecule has 1 heterocycles. The molecule has 6 nitrogen and oxygen atoms in total. The van der Waals surface area contributed by atoms with E-state index >= 15 is 0 Å². The van der Waals surface area contributed by atoms with Crippen molar-refractivity contribution < 1.29 is 14.7 Å². The zero-order chi connectivity index (χ0) is 15.4. The lowest BCUT2D eigenvalue weighted by Crippen LogP contribution is -2.40. The predicted molar refractivity (Wildman–Crippen MR) is 77.1 cm³/mol. The van der Waals surface area contributed by atoms with Gasteiger partial charge in [-0.15, -0.1) is 0 Å². The molecule has 0 aliphatic rings. The van der Waals surface area contributed by atoms with Gasteiger partial charge in [0.2, 0.25) is 5.91 Å². The molecule has 0 saturated carbocycles. The summed E-state index contributed by atoms with van der Waals surface area (Å²) in [7, 11) is 1.49. The van der Waals surface area contributed by atoms with E-state index in [-0.39, 0.29) is 12.3 Å². The molecule has 0 fully saturated rings. The normalized spacial score (nSPS) is 11.9. The van der Waals surface area contributed by atoms with Gasteiger partial charge in [-0.25, -0.2) is 9.48 Å². The summed E-state index contributed by atoms with van der Waals surface area (Å²) < 4.78 is 1.68. The average Bonchev–Trinajstić information content (AvgIpc) is 2.95. The molecule has 1 aromatic carbocycles. The van der Waals surface area contributed by atoms with Crippen molar-refractivity contribution in [1.82, 2.24) is 14.7 Å². The molecule has 1 atom stereocenters. The number of likely N-dealkylation sites (N-methyl/N-ethyl adjacent to an activating group) is 1. The Kier molecular flexibility index (Phi) is 4.37. The highest BCUT2D eigenvalue weighted by atomic mass is 16.4. The van der Waals surface area contributed by atoms with Gasteiger partial charge in [-0.2, -0.15) is 5.10 Å². The lowest BCUT2D eigenvalue weighted by Gasteiger charge is -2.21. The van der Waals surface area contributed by atoms with Crippen LogP contribution in [0.1, 0.15) is 12.5 Å². The Labute approximate surface area is 122 Å². The lowest BCUT2D eigenvalue weighted by molar-refractivity contribution is -0.147. The highest BCUT2D eigenvalue weighted by Crippen LogP contribution is 2.09. The number of aliphatic carboxylic acids is 1. The van der Waals surface area contributed by atoms with E-state index in [2.05, 4.69) is 5.10 Å². The first-order chi connectivity index (χ1) is 9.99. The van der Waals surface area contributed by atoms with Crippen LogP contribution < -0.4 is 0 Å². The highest BCUT2D eigenvalue weighted by molar-refractivity contribution is 5.84. The van der Waals surface area contributed by atoms with Crippen molar-refractivity contribution in [3.63, 3.8) is 0 Å².